The fraction of sp³-hybridized carbons (Fsp3) is 0.125. The first-order chi connectivity index (χ1) is 6.06. The zero-order valence-electron chi connectivity index (χ0n) is 6.88. The van der Waals surface area contributed by atoms with E-state index in [4.69, 9.17) is 10.9 Å². The Balaban J connectivity index is 3.32. The fourth-order valence-corrected chi connectivity index (χ4v) is 0.976. The summed E-state index contributed by atoms with van der Waals surface area (Å²) in [5.74, 6) is -2.21. The van der Waals surface area contributed by atoms with E-state index >= 15 is 0 Å². The highest BCUT2D eigenvalue weighted by molar-refractivity contribution is 5.98. The molecule has 0 heterocycles. The Bertz CT molecular complexity index is 363. The molecule has 0 aliphatic heterocycles. The van der Waals surface area contributed by atoms with Crippen LogP contribution in [-0.4, -0.2) is 11.0 Å². The van der Waals surface area contributed by atoms with Crippen molar-refractivity contribution >= 4 is 5.84 Å². The Morgan fingerprint density at radius 3 is 2.46 bits per heavy atom. The van der Waals surface area contributed by atoms with Crippen LogP contribution in [0.2, 0.25) is 0 Å². The molecule has 0 aliphatic rings. The number of aryl methyl sites for hydroxylation is 1. The molecule has 0 saturated heterocycles. The second-order valence-electron chi connectivity index (χ2n) is 2.57. The first-order valence-electron chi connectivity index (χ1n) is 3.49. The van der Waals surface area contributed by atoms with E-state index in [9.17, 15) is 8.78 Å². The second-order valence-corrected chi connectivity index (χ2v) is 2.57. The third-order valence-corrected chi connectivity index (χ3v) is 1.65. The normalized spacial score (nSPS) is 11.8. The van der Waals surface area contributed by atoms with Gasteiger partial charge in [0, 0.05) is 5.56 Å². The summed E-state index contributed by atoms with van der Waals surface area (Å²) in [5, 5.41) is 11.0. The summed E-state index contributed by atoms with van der Waals surface area (Å²) in [7, 11) is 0. The third-order valence-electron chi connectivity index (χ3n) is 1.65. The SMILES string of the molecule is Cc1cc(F)c(F)cc1C(N)=NO. The summed E-state index contributed by atoms with van der Waals surface area (Å²) in [4.78, 5) is 0. The van der Waals surface area contributed by atoms with E-state index in [1.807, 2.05) is 0 Å². The predicted molar refractivity (Wildman–Crippen MR) is 43.6 cm³/mol. The van der Waals surface area contributed by atoms with Crippen molar-refractivity contribution in [3.05, 3.63) is 34.9 Å². The maximum Gasteiger partial charge on any atom is 0.170 e. The summed E-state index contributed by atoms with van der Waals surface area (Å²) in [6.45, 7) is 1.54. The molecular formula is C8H8F2N2O. The Morgan fingerprint density at radius 2 is 1.92 bits per heavy atom. The summed E-state index contributed by atoms with van der Waals surface area (Å²) < 4.78 is 25.3. The molecule has 0 aromatic heterocycles. The van der Waals surface area contributed by atoms with Gasteiger partial charge in [-0.3, -0.25) is 0 Å². The van der Waals surface area contributed by atoms with Crippen LogP contribution in [0.1, 0.15) is 11.1 Å². The van der Waals surface area contributed by atoms with Gasteiger partial charge in [-0.1, -0.05) is 5.16 Å². The molecule has 5 heteroatoms. The van der Waals surface area contributed by atoms with E-state index < -0.39 is 11.6 Å². The maximum absolute atomic E-state index is 12.7. The molecule has 0 unspecified atom stereocenters. The van der Waals surface area contributed by atoms with Gasteiger partial charge in [-0.25, -0.2) is 8.78 Å². The monoisotopic (exact) mass is 186 g/mol. The van der Waals surface area contributed by atoms with E-state index in [2.05, 4.69) is 5.16 Å². The summed E-state index contributed by atoms with van der Waals surface area (Å²) in [5.41, 5.74) is 5.82. The quantitative estimate of drug-likeness (QED) is 0.301. The van der Waals surface area contributed by atoms with Crippen LogP contribution in [-0.2, 0) is 0 Å². The Morgan fingerprint density at radius 1 is 1.38 bits per heavy atom. The minimum absolute atomic E-state index is 0.182. The molecule has 1 aromatic carbocycles. The van der Waals surface area contributed by atoms with Gasteiger partial charge in [-0.05, 0) is 24.6 Å². The van der Waals surface area contributed by atoms with Crippen molar-refractivity contribution in [1.29, 1.82) is 0 Å². The standard InChI is InChI=1S/C8H8F2N2O/c1-4-2-6(9)7(10)3-5(4)8(11)12-13/h2-3,13H,1H3,(H2,11,12). The molecular weight excluding hydrogens is 178 g/mol. The highest BCUT2D eigenvalue weighted by Crippen LogP contribution is 2.13. The van der Waals surface area contributed by atoms with Gasteiger partial charge in [0.2, 0.25) is 0 Å². The number of amidine groups is 1. The minimum atomic E-state index is -1.02. The van der Waals surface area contributed by atoms with E-state index in [-0.39, 0.29) is 11.4 Å². The van der Waals surface area contributed by atoms with Gasteiger partial charge < -0.3 is 10.9 Å². The number of hydrogen-bond donors (Lipinski definition) is 2. The van der Waals surface area contributed by atoms with Crippen LogP contribution in [0.5, 0.6) is 0 Å². The van der Waals surface area contributed by atoms with Gasteiger partial charge in [-0.15, -0.1) is 0 Å². The number of benzene rings is 1. The van der Waals surface area contributed by atoms with Crippen LogP contribution in [0.4, 0.5) is 8.78 Å². The topological polar surface area (TPSA) is 58.6 Å². The predicted octanol–water partition coefficient (Wildman–Crippen LogP) is 1.37. The number of halogens is 2. The van der Waals surface area contributed by atoms with Crippen molar-refractivity contribution < 1.29 is 14.0 Å². The van der Waals surface area contributed by atoms with Crippen molar-refractivity contribution in [1.82, 2.24) is 0 Å². The van der Waals surface area contributed by atoms with E-state index in [1.54, 1.807) is 0 Å². The van der Waals surface area contributed by atoms with E-state index in [1.165, 1.54) is 6.92 Å². The molecule has 0 amide bonds. The number of oxime groups is 1. The van der Waals surface area contributed by atoms with Crippen LogP contribution in [0.3, 0.4) is 0 Å². The molecule has 0 radical (unpaired) electrons. The average Bonchev–Trinajstić information content (AvgIpc) is 2.10. The zero-order chi connectivity index (χ0) is 10.0. The Labute approximate surface area is 73.5 Å². The van der Waals surface area contributed by atoms with Gasteiger partial charge in [0.15, 0.2) is 17.5 Å². The van der Waals surface area contributed by atoms with Crippen molar-refractivity contribution in [3.8, 4) is 0 Å². The van der Waals surface area contributed by atoms with Crippen LogP contribution in [0, 0.1) is 18.6 Å². The van der Waals surface area contributed by atoms with Crippen molar-refractivity contribution in [2.24, 2.45) is 10.9 Å². The highest BCUT2D eigenvalue weighted by Gasteiger charge is 2.09. The van der Waals surface area contributed by atoms with Crippen LogP contribution < -0.4 is 5.73 Å². The van der Waals surface area contributed by atoms with Crippen LogP contribution >= 0.6 is 0 Å². The smallest absolute Gasteiger partial charge is 0.170 e. The van der Waals surface area contributed by atoms with Gasteiger partial charge in [0.05, 0.1) is 0 Å². The summed E-state index contributed by atoms with van der Waals surface area (Å²) in [6.07, 6.45) is 0. The lowest BCUT2D eigenvalue weighted by atomic mass is 10.1. The first-order valence-corrected chi connectivity index (χ1v) is 3.49. The van der Waals surface area contributed by atoms with Gasteiger partial charge in [-0.2, -0.15) is 0 Å². The number of hydrogen-bond acceptors (Lipinski definition) is 2. The lowest BCUT2D eigenvalue weighted by molar-refractivity contribution is 0.318. The third kappa shape index (κ3) is 1.74. The average molecular weight is 186 g/mol. The molecule has 0 spiro atoms. The summed E-state index contributed by atoms with van der Waals surface area (Å²) >= 11 is 0. The lowest BCUT2D eigenvalue weighted by Gasteiger charge is -2.03. The van der Waals surface area contributed by atoms with Gasteiger partial charge in [0.1, 0.15) is 0 Å². The van der Waals surface area contributed by atoms with Crippen molar-refractivity contribution in [3.63, 3.8) is 0 Å². The molecule has 3 nitrogen and oxygen atoms in total. The second kappa shape index (κ2) is 3.38. The lowest BCUT2D eigenvalue weighted by Crippen LogP contribution is -2.15. The molecule has 0 saturated carbocycles. The van der Waals surface area contributed by atoms with Crippen molar-refractivity contribution in [2.45, 2.75) is 6.92 Å². The first kappa shape index (κ1) is 9.44. The molecule has 13 heavy (non-hydrogen) atoms. The number of nitrogens with zero attached hydrogens (tertiary/aromatic N) is 1. The number of rotatable bonds is 1. The molecule has 3 N–H and O–H groups in total. The van der Waals surface area contributed by atoms with Crippen LogP contribution in [0.15, 0.2) is 17.3 Å². The van der Waals surface area contributed by atoms with Gasteiger partial charge in [0.25, 0.3) is 0 Å². The highest BCUT2D eigenvalue weighted by atomic mass is 19.2. The fourth-order valence-electron chi connectivity index (χ4n) is 0.976. The maximum atomic E-state index is 12.7. The Hall–Kier alpha value is -1.65. The molecule has 0 aliphatic carbocycles. The summed E-state index contributed by atoms with van der Waals surface area (Å²) in [6, 6.07) is 1.88. The molecule has 70 valence electrons. The minimum Gasteiger partial charge on any atom is -0.409 e. The van der Waals surface area contributed by atoms with E-state index in [0.29, 0.717) is 5.56 Å². The largest absolute Gasteiger partial charge is 0.409 e. The molecule has 0 bridgehead atoms. The van der Waals surface area contributed by atoms with Gasteiger partial charge >= 0.3 is 0 Å². The molecule has 1 rings (SSSR count). The molecule has 0 atom stereocenters. The van der Waals surface area contributed by atoms with E-state index in [0.717, 1.165) is 12.1 Å². The zero-order valence-corrected chi connectivity index (χ0v) is 6.88. The van der Waals surface area contributed by atoms with Crippen molar-refractivity contribution in [2.75, 3.05) is 0 Å². The molecule has 0 fully saturated rings. The molecule has 1 aromatic rings. The number of nitrogens with two attached hydrogens (primary N) is 1. The Kier molecular flexibility index (Phi) is 2.46. The van der Waals surface area contributed by atoms with Crippen LogP contribution in [0.25, 0.3) is 0 Å².